The van der Waals surface area contributed by atoms with Crippen molar-refractivity contribution in [2.45, 2.75) is 25.0 Å². The summed E-state index contributed by atoms with van der Waals surface area (Å²) in [5.41, 5.74) is 0. The molecule has 0 aromatic rings. The molecule has 0 saturated carbocycles. The third-order valence-corrected chi connectivity index (χ3v) is 3.02. The average Bonchev–Trinajstić information content (AvgIpc) is 2.64. The minimum atomic E-state index is -0.378. The fraction of sp³-hybridized carbons (Fsp3) is 0.750. The van der Waals surface area contributed by atoms with Crippen molar-refractivity contribution in [1.29, 1.82) is 0 Å². The van der Waals surface area contributed by atoms with Crippen LogP contribution in [0.3, 0.4) is 0 Å². The van der Waals surface area contributed by atoms with E-state index >= 15 is 0 Å². The first-order valence-electron chi connectivity index (χ1n) is 4.18. The number of esters is 2. The maximum Gasteiger partial charge on any atom is 2.00 e. The summed E-state index contributed by atoms with van der Waals surface area (Å²) >= 11 is 0. The molecular formula is C8H8MnO4+2. The van der Waals surface area contributed by atoms with Crippen LogP contribution in [0.5, 0.6) is 0 Å². The largest absolute Gasteiger partial charge is 2.00 e. The van der Waals surface area contributed by atoms with E-state index in [4.69, 9.17) is 4.74 Å². The Balaban J connectivity index is 0.000000653. The van der Waals surface area contributed by atoms with E-state index in [0.29, 0.717) is 0 Å². The molecule has 3 fully saturated rings. The van der Waals surface area contributed by atoms with Gasteiger partial charge in [0.05, 0.1) is 24.0 Å². The summed E-state index contributed by atoms with van der Waals surface area (Å²) < 4.78 is 10.0. The molecule has 1 radical (unpaired) electrons. The van der Waals surface area contributed by atoms with Crippen molar-refractivity contribution in [1.82, 2.24) is 0 Å². The first kappa shape index (κ1) is 9.19. The van der Waals surface area contributed by atoms with E-state index in [-0.39, 0.29) is 53.1 Å². The zero-order valence-electron chi connectivity index (χ0n) is 6.73. The fourth-order valence-corrected chi connectivity index (χ4v) is 2.51. The van der Waals surface area contributed by atoms with Gasteiger partial charge in [0.25, 0.3) is 0 Å². The van der Waals surface area contributed by atoms with E-state index in [0.717, 1.165) is 12.8 Å². The predicted molar refractivity (Wildman–Crippen MR) is 36.0 cm³/mol. The van der Waals surface area contributed by atoms with E-state index in [9.17, 15) is 9.59 Å². The molecule has 3 aliphatic heterocycles. The van der Waals surface area contributed by atoms with Gasteiger partial charge >= 0.3 is 29.0 Å². The van der Waals surface area contributed by atoms with Gasteiger partial charge < -0.3 is 9.47 Å². The molecule has 5 heteroatoms. The van der Waals surface area contributed by atoms with E-state index in [1.165, 1.54) is 0 Å². The van der Waals surface area contributed by atoms with Crippen LogP contribution in [0.2, 0.25) is 0 Å². The third-order valence-electron chi connectivity index (χ3n) is 3.02. The molecule has 0 amide bonds. The summed E-state index contributed by atoms with van der Waals surface area (Å²) in [6.07, 6.45) is 1.71. The second-order valence-corrected chi connectivity index (χ2v) is 3.58. The van der Waals surface area contributed by atoms with Crippen molar-refractivity contribution in [3.05, 3.63) is 0 Å². The summed E-state index contributed by atoms with van der Waals surface area (Å²) in [4.78, 5) is 22.3. The number of ether oxygens (including phenoxy) is 2. The van der Waals surface area contributed by atoms with E-state index in [1.807, 2.05) is 0 Å². The summed E-state index contributed by atoms with van der Waals surface area (Å²) in [7, 11) is 0. The molecule has 3 rings (SSSR count). The summed E-state index contributed by atoms with van der Waals surface area (Å²) in [6, 6.07) is 0. The first-order chi connectivity index (χ1) is 5.77. The van der Waals surface area contributed by atoms with Gasteiger partial charge in [-0.25, -0.2) is 0 Å². The summed E-state index contributed by atoms with van der Waals surface area (Å²) in [5.74, 6) is -1.32. The molecular weight excluding hydrogens is 215 g/mol. The number of carbonyl (C=O) groups is 2. The molecule has 69 valence electrons. The number of cyclic esters (lactones) is 2. The number of carbonyl (C=O) groups excluding carboxylic acids is 2. The van der Waals surface area contributed by atoms with Crippen molar-refractivity contribution in [3.8, 4) is 0 Å². The maximum absolute atomic E-state index is 11.1. The van der Waals surface area contributed by atoms with Crippen molar-refractivity contribution in [2.75, 3.05) is 0 Å². The van der Waals surface area contributed by atoms with Crippen LogP contribution in [0.25, 0.3) is 0 Å². The number of rotatable bonds is 0. The molecule has 0 spiro atoms. The van der Waals surface area contributed by atoms with Crippen LogP contribution in [0.1, 0.15) is 12.8 Å². The van der Waals surface area contributed by atoms with Crippen LogP contribution in [0.4, 0.5) is 0 Å². The molecule has 2 bridgehead atoms. The van der Waals surface area contributed by atoms with Gasteiger partial charge in [-0.05, 0) is 12.8 Å². The van der Waals surface area contributed by atoms with Gasteiger partial charge in [-0.15, -0.1) is 0 Å². The summed E-state index contributed by atoms with van der Waals surface area (Å²) in [5, 5.41) is 0. The van der Waals surface area contributed by atoms with Crippen molar-refractivity contribution < 1.29 is 36.1 Å². The Morgan fingerprint density at radius 3 is 1.92 bits per heavy atom. The Bertz CT molecular complexity index is 251. The zero-order chi connectivity index (χ0) is 8.29. The van der Waals surface area contributed by atoms with Crippen LogP contribution in [0, 0.1) is 11.8 Å². The van der Waals surface area contributed by atoms with Crippen LogP contribution in [0.15, 0.2) is 0 Å². The Hall–Kier alpha value is -0.381. The normalized spacial score (nSPS) is 45.8. The third kappa shape index (κ3) is 1.01. The van der Waals surface area contributed by atoms with Gasteiger partial charge in [0.1, 0.15) is 0 Å². The molecule has 13 heavy (non-hydrogen) atoms. The number of hydrogen-bond acceptors (Lipinski definition) is 4. The number of fused-ring (bicyclic) bond motifs is 5. The van der Waals surface area contributed by atoms with Crippen LogP contribution in [-0.2, 0) is 36.1 Å². The molecule has 4 nitrogen and oxygen atoms in total. The van der Waals surface area contributed by atoms with E-state index < -0.39 is 0 Å². The fourth-order valence-electron chi connectivity index (χ4n) is 2.51. The second kappa shape index (κ2) is 2.80. The Labute approximate surface area is 85.4 Å². The van der Waals surface area contributed by atoms with Crippen LogP contribution >= 0.6 is 0 Å². The zero-order valence-corrected chi connectivity index (χ0v) is 7.91. The first-order valence-corrected chi connectivity index (χ1v) is 4.18. The molecule has 0 aromatic carbocycles. The monoisotopic (exact) mass is 223 g/mol. The predicted octanol–water partition coefficient (Wildman–Crippen LogP) is -0.139. The van der Waals surface area contributed by atoms with Crippen LogP contribution < -0.4 is 0 Å². The van der Waals surface area contributed by atoms with Gasteiger partial charge in [-0.2, -0.15) is 0 Å². The quantitative estimate of drug-likeness (QED) is 0.326. The molecule has 0 N–H and O–H groups in total. The van der Waals surface area contributed by atoms with Gasteiger partial charge in [0.2, 0.25) is 0 Å². The van der Waals surface area contributed by atoms with Crippen molar-refractivity contribution in [2.24, 2.45) is 11.8 Å². The standard InChI is InChI=1S/C8H8O4.Mn/c9-7-5-3-1-2-4(11-3)6(5)8(10)12-7;/h3-6H,1-2H2;/q;+2/t3-,4-,5-,6+;/m1./s1. The van der Waals surface area contributed by atoms with Gasteiger partial charge in [-0.1, -0.05) is 0 Å². The molecule has 3 heterocycles. The molecule has 0 unspecified atom stereocenters. The Morgan fingerprint density at radius 1 is 1.00 bits per heavy atom. The molecule has 4 atom stereocenters. The molecule has 0 aromatic heterocycles. The molecule has 3 aliphatic rings. The average molecular weight is 223 g/mol. The Morgan fingerprint density at radius 2 is 1.46 bits per heavy atom. The second-order valence-electron chi connectivity index (χ2n) is 3.58. The molecule has 0 aliphatic carbocycles. The summed E-state index contributed by atoms with van der Waals surface area (Å²) in [6.45, 7) is 0. The van der Waals surface area contributed by atoms with Crippen LogP contribution in [-0.4, -0.2) is 24.1 Å². The van der Waals surface area contributed by atoms with E-state index in [1.54, 1.807) is 0 Å². The van der Waals surface area contributed by atoms with Crippen molar-refractivity contribution in [3.63, 3.8) is 0 Å². The maximum atomic E-state index is 11.1. The molecule has 3 saturated heterocycles. The van der Waals surface area contributed by atoms with Gasteiger partial charge in [0.15, 0.2) is 0 Å². The smallest absolute Gasteiger partial charge is 0.393 e. The minimum Gasteiger partial charge on any atom is -0.393 e. The minimum absolute atomic E-state index is 0. The SMILES string of the molecule is O=C1OC(=O)[C@H]2[C@@H]1[C@H]1CC[C@H]2O1.[Mn+2]. The van der Waals surface area contributed by atoms with Gasteiger partial charge in [0, 0.05) is 0 Å². The van der Waals surface area contributed by atoms with Gasteiger partial charge in [-0.3, -0.25) is 9.59 Å². The van der Waals surface area contributed by atoms with E-state index in [2.05, 4.69) is 4.74 Å². The Kier molecular flexibility index (Phi) is 1.98. The number of hydrogen-bond donors (Lipinski definition) is 0. The van der Waals surface area contributed by atoms with Crippen molar-refractivity contribution >= 4 is 11.9 Å². The topological polar surface area (TPSA) is 52.6 Å².